The summed E-state index contributed by atoms with van der Waals surface area (Å²) in [5.41, 5.74) is 6.08. The summed E-state index contributed by atoms with van der Waals surface area (Å²) < 4.78 is 0. The summed E-state index contributed by atoms with van der Waals surface area (Å²) in [6.07, 6.45) is 3.78. The van der Waals surface area contributed by atoms with Crippen LogP contribution in [-0.4, -0.2) is 49.9 Å². The third kappa shape index (κ3) is 6.56. The van der Waals surface area contributed by atoms with Crippen LogP contribution in [0.5, 0.6) is 0 Å². The third-order valence-electron chi connectivity index (χ3n) is 5.64. The van der Waals surface area contributed by atoms with Gasteiger partial charge in [-0.15, -0.1) is 0 Å². The number of rotatable bonds is 7. The molecule has 3 rings (SSSR count). The summed E-state index contributed by atoms with van der Waals surface area (Å²) in [5.74, 6) is -0.264. The molecule has 0 aromatic heterocycles. The Bertz CT molecular complexity index is 895. The minimum Gasteiger partial charge on any atom is -0.372 e. The molecular formula is C25H34N4O2. The highest BCUT2D eigenvalue weighted by atomic mass is 16.2. The molecule has 31 heavy (non-hydrogen) atoms. The molecular weight excluding hydrogens is 388 g/mol. The van der Waals surface area contributed by atoms with Crippen molar-refractivity contribution in [1.29, 1.82) is 0 Å². The van der Waals surface area contributed by atoms with Gasteiger partial charge < -0.3 is 15.5 Å². The first kappa shape index (κ1) is 22.8. The lowest BCUT2D eigenvalue weighted by molar-refractivity contribution is -0.119. The Hall–Kier alpha value is -2.86. The number of piperidine rings is 1. The first-order valence-electron chi connectivity index (χ1n) is 11.0. The Labute approximate surface area is 185 Å². The van der Waals surface area contributed by atoms with E-state index in [9.17, 15) is 9.59 Å². The number of aryl methyl sites for hydroxylation is 3. The van der Waals surface area contributed by atoms with E-state index < -0.39 is 0 Å². The molecule has 2 amide bonds. The van der Waals surface area contributed by atoms with Crippen molar-refractivity contribution in [1.82, 2.24) is 4.90 Å². The van der Waals surface area contributed by atoms with Crippen molar-refractivity contribution in [2.24, 2.45) is 0 Å². The fourth-order valence-electron chi connectivity index (χ4n) is 4.21. The molecule has 1 saturated heterocycles. The van der Waals surface area contributed by atoms with Gasteiger partial charge >= 0.3 is 0 Å². The molecule has 2 N–H and O–H groups in total. The monoisotopic (exact) mass is 422 g/mol. The first-order chi connectivity index (χ1) is 14.8. The second-order valence-corrected chi connectivity index (χ2v) is 8.64. The van der Waals surface area contributed by atoms with E-state index in [1.807, 2.05) is 32.9 Å². The van der Waals surface area contributed by atoms with Gasteiger partial charge in [-0.2, -0.15) is 0 Å². The molecule has 0 atom stereocenters. The lowest BCUT2D eigenvalue weighted by Crippen LogP contribution is -2.36. The van der Waals surface area contributed by atoms with Crippen LogP contribution in [0.3, 0.4) is 0 Å². The topological polar surface area (TPSA) is 64.7 Å². The summed E-state index contributed by atoms with van der Waals surface area (Å²) in [6.45, 7) is 8.51. The number of carbonyl (C=O) groups is 2. The molecule has 0 radical (unpaired) electrons. The minimum atomic E-state index is -0.135. The highest BCUT2D eigenvalue weighted by molar-refractivity contribution is 5.95. The van der Waals surface area contributed by atoms with Crippen molar-refractivity contribution in [2.45, 2.75) is 40.0 Å². The maximum atomic E-state index is 12.5. The molecule has 0 bridgehead atoms. The summed E-state index contributed by atoms with van der Waals surface area (Å²) in [5, 5.41) is 5.90. The van der Waals surface area contributed by atoms with Crippen molar-refractivity contribution < 1.29 is 9.59 Å². The summed E-state index contributed by atoms with van der Waals surface area (Å²) >= 11 is 0. The highest BCUT2D eigenvalue weighted by Gasteiger charge is 2.14. The number of likely N-dealkylation sites (N-methyl/N-ethyl adjacent to an activating group) is 1. The average Bonchev–Trinajstić information content (AvgIpc) is 2.71. The van der Waals surface area contributed by atoms with Gasteiger partial charge in [-0.1, -0.05) is 17.7 Å². The Morgan fingerprint density at radius 1 is 0.871 bits per heavy atom. The van der Waals surface area contributed by atoms with E-state index in [-0.39, 0.29) is 24.9 Å². The number of nitrogens with zero attached hydrogens (tertiary/aromatic N) is 2. The molecule has 2 aromatic carbocycles. The SMILES string of the molecule is Cc1cc(C)c(NC(=O)CN(C)CC(=O)Nc2ccc(N3CCCCC3)cc2)c(C)c1. The molecule has 1 aliphatic heterocycles. The molecule has 1 heterocycles. The first-order valence-corrected chi connectivity index (χ1v) is 11.0. The van der Waals surface area contributed by atoms with Crippen molar-refractivity contribution in [3.8, 4) is 0 Å². The van der Waals surface area contributed by atoms with Crippen LogP contribution in [0, 0.1) is 20.8 Å². The van der Waals surface area contributed by atoms with E-state index in [4.69, 9.17) is 0 Å². The maximum Gasteiger partial charge on any atom is 0.238 e. The molecule has 166 valence electrons. The van der Waals surface area contributed by atoms with Crippen molar-refractivity contribution in [3.63, 3.8) is 0 Å². The van der Waals surface area contributed by atoms with Crippen LogP contribution < -0.4 is 15.5 Å². The van der Waals surface area contributed by atoms with E-state index in [2.05, 4.69) is 39.8 Å². The Kier molecular flexibility index (Phi) is 7.69. The largest absolute Gasteiger partial charge is 0.372 e. The van der Waals surface area contributed by atoms with Gasteiger partial charge in [0.15, 0.2) is 0 Å². The smallest absolute Gasteiger partial charge is 0.238 e. The molecule has 0 spiro atoms. The lowest BCUT2D eigenvalue weighted by atomic mass is 10.1. The molecule has 2 aromatic rings. The van der Waals surface area contributed by atoms with Crippen LogP contribution in [-0.2, 0) is 9.59 Å². The van der Waals surface area contributed by atoms with Gasteiger partial charge in [0.2, 0.25) is 11.8 Å². The summed E-state index contributed by atoms with van der Waals surface area (Å²) in [6, 6.07) is 12.1. The molecule has 0 aliphatic carbocycles. The predicted octanol–water partition coefficient (Wildman–Crippen LogP) is 4.11. The van der Waals surface area contributed by atoms with E-state index >= 15 is 0 Å². The lowest BCUT2D eigenvalue weighted by Gasteiger charge is -2.28. The van der Waals surface area contributed by atoms with E-state index in [0.717, 1.165) is 35.6 Å². The molecule has 1 aliphatic rings. The Morgan fingerprint density at radius 2 is 1.42 bits per heavy atom. The van der Waals surface area contributed by atoms with Gasteiger partial charge in [-0.3, -0.25) is 14.5 Å². The third-order valence-corrected chi connectivity index (χ3v) is 5.64. The van der Waals surface area contributed by atoms with E-state index in [0.29, 0.717) is 0 Å². The normalized spacial score (nSPS) is 13.9. The molecule has 0 saturated carbocycles. The summed E-state index contributed by atoms with van der Waals surface area (Å²) in [7, 11) is 1.77. The maximum absolute atomic E-state index is 12.5. The second kappa shape index (κ2) is 10.4. The van der Waals surface area contributed by atoms with Crippen LogP contribution in [0.25, 0.3) is 0 Å². The molecule has 0 unspecified atom stereocenters. The highest BCUT2D eigenvalue weighted by Crippen LogP contribution is 2.23. The number of amides is 2. The number of nitrogens with one attached hydrogen (secondary N) is 2. The Morgan fingerprint density at radius 3 is 2.00 bits per heavy atom. The van der Waals surface area contributed by atoms with E-state index in [1.165, 1.54) is 30.5 Å². The van der Waals surface area contributed by atoms with E-state index in [1.54, 1.807) is 11.9 Å². The fraction of sp³-hybridized carbons (Fsp3) is 0.440. The number of carbonyl (C=O) groups excluding carboxylic acids is 2. The predicted molar refractivity (Wildman–Crippen MR) is 128 cm³/mol. The minimum absolute atomic E-state index is 0.128. The van der Waals surface area contributed by atoms with Gasteiger partial charge in [0.05, 0.1) is 13.1 Å². The van der Waals surface area contributed by atoms with Gasteiger partial charge in [0, 0.05) is 30.2 Å². The molecule has 1 fully saturated rings. The van der Waals surface area contributed by atoms with Crippen LogP contribution in [0.4, 0.5) is 17.1 Å². The number of hydrogen-bond acceptors (Lipinski definition) is 4. The van der Waals surface area contributed by atoms with Crippen LogP contribution in [0.15, 0.2) is 36.4 Å². The van der Waals surface area contributed by atoms with Crippen molar-refractivity contribution in [3.05, 3.63) is 53.1 Å². The second-order valence-electron chi connectivity index (χ2n) is 8.64. The van der Waals surface area contributed by atoms with Crippen molar-refractivity contribution in [2.75, 3.05) is 48.8 Å². The summed E-state index contributed by atoms with van der Waals surface area (Å²) in [4.78, 5) is 29.0. The zero-order valence-electron chi connectivity index (χ0n) is 19.1. The van der Waals surface area contributed by atoms with Gasteiger partial charge in [0.25, 0.3) is 0 Å². The molecule has 6 nitrogen and oxygen atoms in total. The van der Waals surface area contributed by atoms with Crippen molar-refractivity contribution >= 4 is 28.9 Å². The van der Waals surface area contributed by atoms with Gasteiger partial charge in [0.1, 0.15) is 0 Å². The van der Waals surface area contributed by atoms with Crippen LogP contribution in [0.1, 0.15) is 36.0 Å². The van der Waals surface area contributed by atoms with Gasteiger partial charge in [-0.25, -0.2) is 0 Å². The fourth-order valence-corrected chi connectivity index (χ4v) is 4.21. The zero-order chi connectivity index (χ0) is 22.4. The average molecular weight is 423 g/mol. The molecule has 6 heteroatoms. The quantitative estimate of drug-likeness (QED) is 0.705. The number of anilines is 3. The number of benzene rings is 2. The zero-order valence-corrected chi connectivity index (χ0v) is 19.1. The van der Waals surface area contributed by atoms with Crippen LogP contribution in [0.2, 0.25) is 0 Å². The Balaban J connectivity index is 1.47. The number of hydrogen-bond donors (Lipinski definition) is 2. The standard InChI is InChI=1S/C25H34N4O2/c1-18-14-19(2)25(20(3)15-18)27-24(31)17-28(4)16-23(30)26-21-8-10-22(11-9-21)29-12-6-5-7-13-29/h8-11,14-15H,5-7,12-13,16-17H2,1-4H3,(H,26,30)(H,27,31). The van der Waals surface area contributed by atoms with Crippen LogP contribution >= 0.6 is 0 Å². The van der Waals surface area contributed by atoms with Gasteiger partial charge in [-0.05, 0) is 82.5 Å².